The number of aromatic nitrogens is 1. The monoisotopic (exact) mass is 367 g/mol. The van der Waals surface area contributed by atoms with Crippen molar-refractivity contribution in [3.63, 3.8) is 0 Å². The number of hydrogen-bond donors (Lipinski definition) is 1. The molecular formula is C22H29N3O2. The van der Waals surface area contributed by atoms with Crippen LogP contribution >= 0.6 is 0 Å². The highest BCUT2D eigenvalue weighted by Crippen LogP contribution is 2.28. The van der Waals surface area contributed by atoms with E-state index in [1.165, 1.54) is 12.5 Å². The van der Waals surface area contributed by atoms with E-state index in [2.05, 4.69) is 25.2 Å². The minimum atomic E-state index is -0.0229. The topological polar surface area (TPSA) is 62.3 Å². The lowest BCUT2D eigenvalue weighted by Crippen LogP contribution is -2.45. The summed E-state index contributed by atoms with van der Waals surface area (Å²) in [7, 11) is 0. The van der Waals surface area contributed by atoms with Crippen LogP contribution in [0, 0.1) is 20.8 Å². The van der Waals surface area contributed by atoms with Gasteiger partial charge >= 0.3 is 0 Å². The van der Waals surface area contributed by atoms with Crippen molar-refractivity contribution in [2.24, 2.45) is 0 Å². The molecule has 1 aromatic heterocycles. The maximum atomic E-state index is 13.5. The van der Waals surface area contributed by atoms with Gasteiger partial charge < -0.3 is 10.2 Å². The fourth-order valence-electron chi connectivity index (χ4n) is 3.97. The summed E-state index contributed by atoms with van der Waals surface area (Å²) in [6.45, 7) is 9.00. The number of benzene rings is 1. The van der Waals surface area contributed by atoms with E-state index in [4.69, 9.17) is 4.98 Å². The molecule has 5 heteroatoms. The zero-order chi connectivity index (χ0) is 19.6. The molecule has 1 saturated heterocycles. The van der Waals surface area contributed by atoms with Crippen LogP contribution in [-0.2, 0) is 4.79 Å². The van der Waals surface area contributed by atoms with Gasteiger partial charge in [-0.1, -0.05) is 12.1 Å². The molecule has 2 heterocycles. The van der Waals surface area contributed by atoms with E-state index in [0.29, 0.717) is 6.54 Å². The highest BCUT2D eigenvalue weighted by atomic mass is 16.2. The van der Waals surface area contributed by atoms with Gasteiger partial charge in [-0.3, -0.25) is 14.6 Å². The number of likely N-dealkylation sites (tertiary alicyclic amines) is 1. The van der Waals surface area contributed by atoms with Gasteiger partial charge in [0.25, 0.3) is 5.91 Å². The molecule has 2 amide bonds. The molecule has 5 nitrogen and oxygen atoms in total. The average Bonchev–Trinajstić information content (AvgIpc) is 2.64. The Kier molecular flexibility index (Phi) is 5.78. The van der Waals surface area contributed by atoms with Crippen molar-refractivity contribution >= 4 is 22.7 Å². The predicted molar refractivity (Wildman–Crippen MR) is 108 cm³/mol. The molecular weight excluding hydrogens is 338 g/mol. The average molecular weight is 367 g/mol. The molecule has 27 heavy (non-hydrogen) atoms. The summed E-state index contributed by atoms with van der Waals surface area (Å²) in [6.07, 6.45) is 3.95. The minimum absolute atomic E-state index is 0.0229. The number of fused-ring (bicyclic) bond motifs is 1. The van der Waals surface area contributed by atoms with Gasteiger partial charge in [0, 0.05) is 37.1 Å². The second-order valence-electron chi connectivity index (χ2n) is 7.63. The second-order valence-corrected chi connectivity index (χ2v) is 7.63. The van der Waals surface area contributed by atoms with E-state index < -0.39 is 0 Å². The molecule has 1 N–H and O–H groups in total. The lowest BCUT2D eigenvalue weighted by molar-refractivity contribution is -0.119. The Morgan fingerprint density at radius 3 is 2.74 bits per heavy atom. The van der Waals surface area contributed by atoms with Crippen molar-refractivity contribution in [1.82, 2.24) is 15.2 Å². The van der Waals surface area contributed by atoms with E-state index in [-0.39, 0.29) is 17.9 Å². The standard InChI is InChI=1S/C22H29N3O2/c1-14-8-9-19-20(13-15(2)24-21(19)16(14)3)22(27)25-12-6-5-7-18(25)10-11-23-17(4)26/h8-9,13,18H,5-7,10-12H2,1-4H3,(H,23,26). The third kappa shape index (κ3) is 4.12. The molecule has 144 valence electrons. The molecule has 0 saturated carbocycles. The molecule has 1 fully saturated rings. The number of nitrogens with one attached hydrogen (secondary N) is 1. The quantitative estimate of drug-likeness (QED) is 0.897. The number of carbonyl (C=O) groups excluding carboxylic acids is 2. The molecule has 1 aliphatic rings. The molecule has 0 radical (unpaired) electrons. The third-order valence-corrected chi connectivity index (χ3v) is 5.60. The van der Waals surface area contributed by atoms with Gasteiger partial charge in [0.1, 0.15) is 0 Å². The van der Waals surface area contributed by atoms with Crippen molar-refractivity contribution in [3.05, 3.63) is 40.6 Å². The van der Waals surface area contributed by atoms with E-state index in [1.54, 1.807) is 0 Å². The van der Waals surface area contributed by atoms with Gasteiger partial charge in [-0.25, -0.2) is 0 Å². The van der Waals surface area contributed by atoms with Crippen LogP contribution in [0.1, 0.15) is 59.8 Å². The lowest BCUT2D eigenvalue weighted by Gasteiger charge is -2.36. The molecule has 1 aromatic carbocycles. The van der Waals surface area contributed by atoms with Crippen LogP contribution in [0.4, 0.5) is 0 Å². The molecule has 1 aliphatic heterocycles. The number of amides is 2. The summed E-state index contributed by atoms with van der Waals surface area (Å²) >= 11 is 0. The Morgan fingerprint density at radius 2 is 2.00 bits per heavy atom. The Balaban J connectivity index is 1.93. The Labute approximate surface area is 161 Å². The first-order chi connectivity index (χ1) is 12.9. The number of carbonyl (C=O) groups is 2. The van der Waals surface area contributed by atoms with E-state index >= 15 is 0 Å². The molecule has 0 spiro atoms. The number of rotatable bonds is 4. The Morgan fingerprint density at radius 1 is 1.22 bits per heavy atom. The third-order valence-electron chi connectivity index (χ3n) is 5.60. The largest absolute Gasteiger partial charge is 0.356 e. The van der Waals surface area contributed by atoms with Crippen LogP contribution in [0.15, 0.2) is 18.2 Å². The Bertz CT molecular complexity index is 875. The van der Waals surface area contributed by atoms with Crippen molar-refractivity contribution < 1.29 is 9.59 Å². The first kappa shape index (κ1) is 19.3. The SMILES string of the molecule is CC(=O)NCCC1CCCCN1C(=O)c1cc(C)nc2c(C)c(C)ccc12. The van der Waals surface area contributed by atoms with Gasteiger partial charge in [-0.15, -0.1) is 0 Å². The highest BCUT2D eigenvalue weighted by molar-refractivity contribution is 6.07. The van der Waals surface area contributed by atoms with Gasteiger partial charge in [-0.05, 0) is 63.6 Å². The lowest BCUT2D eigenvalue weighted by atomic mass is 9.96. The molecule has 1 unspecified atom stereocenters. The maximum absolute atomic E-state index is 13.5. The van der Waals surface area contributed by atoms with E-state index in [0.717, 1.165) is 60.0 Å². The number of nitrogens with zero attached hydrogens (tertiary/aromatic N) is 2. The summed E-state index contributed by atoms with van der Waals surface area (Å²) in [6, 6.07) is 6.18. The van der Waals surface area contributed by atoms with Crippen molar-refractivity contribution in [2.45, 2.75) is 59.4 Å². The fourth-order valence-corrected chi connectivity index (χ4v) is 3.97. The van der Waals surface area contributed by atoms with Crippen LogP contribution in [-0.4, -0.2) is 40.8 Å². The minimum Gasteiger partial charge on any atom is -0.356 e. The fraction of sp³-hybridized carbons (Fsp3) is 0.500. The summed E-state index contributed by atoms with van der Waals surface area (Å²) in [5.74, 6) is 0.0616. The van der Waals surface area contributed by atoms with Gasteiger partial charge in [0.2, 0.25) is 5.91 Å². The van der Waals surface area contributed by atoms with Crippen molar-refractivity contribution in [2.75, 3.05) is 13.1 Å². The van der Waals surface area contributed by atoms with Crippen molar-refractivity contribution in [3.8, 4) is 0 Å². The summed E-state index contributed by atoms with van der Waals surface area (Å²) < 4.78 is 0. The summed E-state index contributed by atoms with van der Waals surface area (Å²) in [5, 5.41) is 3.79. The predicted octanol–water partition coefficient (Wildman–Crippen LogP) is 3.68. The number of aryl methyl sites for hydroxylation is 3. The number of piperidine rings is 1. The van der Waals surface area contributed by atoms with Crippen LogP contribution in [0.5, 0.6) is 0 Å². The number of pyridine rings is 1. The smallest absolute Gasteiger partial charge is 0.254 e. The normalized spacial score (nSPS) is 17.2. The van der Waals surface area contributed by atoms with Gasteiger partial charge in [-0.2, -0.15) is 0 Å². The van der Waals surface area contributed by atoms with E-state index in [1.807, 2.05) is 24.0 Å². The molecule has 0 bridgehead atoms. The van der Waals surface area contributed by atoms with Gasteiger partial charge in [0.15, 0.2) is 0 Å². The van der Waals surface area contributed by atoms with Crippen LogP contribution in [0.3, 0.4) is 0 Å². The summed E-state index contributed by atoms with van der Waals surface area (Å²) in [5.41, 5.74) is 4.85. The number of hydrogen-bond acceptors (Lipinski definition) is 3. The van der Waals surface area contributed by atoms with Gasteiger partial charge in [0.05, 0.1) is 11.1 Å². The molecule has 2 aromatic rings. The Hall–Kier alpha value is -2.43. The van der Waals surface area contributed by atoms with E-state index in [9.17, 15) is 9.59 Å². The van der Waals surface area contributed by atoms with Crippen LogP contribution < -0.4 is 5.32 Å². The zero-order valence-corrected chi connectivity index (χ0v) is 16.8. The highest BCUT2D eigenvalue weighted by Gasteiger charge is 2.28. The summed E-state index contributed by atoms with van der Waals surface area (Å²) in [4.78, 5) is 31.4. The molecule has 3 rings (SSSR count). The molecule has 0 aliphatic carbocycles. The van der Waals surface area contributed by atoms with Crippen LogP contribution in [0.2, 0.25) is 0 Å². The first-order valence-corrected chi connectivity index (χ1v) is 9.81. The second kappa shape index (κ2) is 8.07. The molecule has 1 atom stereocenters. The van der Waals surface area contributed by atoms with Crippen LogP contribution in [0.25, 0.3) is 10.9 Å². The zero-order valence-electron chi connectivity index (χ0n) is 16.8. The van der Waals surface area contributed by atoms with Crippen molar-refractivity contribution in [1.29, 1.82) is 0 Å². The first-order valence-electron chi connectivity index (χ1n) is 9.81. The maximum Gasteiger partial charge on any atom is 0.254 e.